The summed E-state index contributed by atoms with van der Waals surface area (Å²) in [4.78, 5) is 59.3. The maximum Gasteiger partial charge on any atom is 0.337 e. The fourth-order valence-corrected chi connectivity index (χ4v) is 4.73. The molecule has 2 aromatic rings. The van der Waals surface area contributed by atoms with E-state index in [0.29, 0.717) is 16.7 Å². The van der Waals surface area contributed by atoms with Crippen molar-refractivity contribution in [3.05, 3.63) is 52.0 Å². The first kappa shape index (κ1) is 32.6. The molecule has 0 bridgehead atoms. The number of carbonyl (C=O) groups is 5. The summed E-state index contributed by atoms with van der Waals surface area (Å²) in [7, 11) is 1.28. The second kappa shape index (κ2) is 14.3. The number of rotatable bonds is 9. The minimum Gasteiger partial charge on any atom is -0.465 e. The lowest BCUT2D eigenvalue weighted by atomic mass is 9.98. The van der Waals surface area contributed by atoms with E-state index in [4.69, 9.17) is 56.4 Å². The third-order valence-corrected chi connectivity index (χ3v) is 6.38. The Bertz CT molecular complexity index is 1320. The van der Waals surface area contributed by atoms with E-state index in [0.717, 1.165) is 27.7 Å². The third-order valence-electron chi connectivity index (χ3n) is 5.82. The molecule has 5 atom stereocenters. The molecule has 0 aromatic heterocycles. The molecule has 12 nitrogen and oxygen atoms in total. The lowest BCUT2D eigenvalue weighted by molar-refractivity contribution is -0.288. The largest absolute Gasteiger partial charge is 0.465 e. The van der Waals surface area contributed by atoms with Gasteiger partial charge >= 0.3 is 29.8 Å². The average Bonchev–Trinajstić information content (AvgIpc) is 2.91. The fraction of sp³-hybridized carbons (Fsp3) is 0.393. The van der Waals surface area contributed by atoms with E-state index in [-0.39, 0.29) is 15.8 Å². The molecule has 1 aliphatic rings. The van der Waals surface area contributed by atoms with Crippen molar-refractivity contribution in [2.75, 3.05) is 13.7 Å². The molecule has 0 unspecified atom stereocenters. The molecule has 1 heterocycles. The summed E-state index contributed by atoms with van der Waals surface area (Å²) in [6.07, 6.45) is -6.99. The van der Waals surface area contributed by atoms with Crippen LogP contribution in [0.3, 0.4) is 0 Å². The zero-order chi connectivity index (χ0) is 31.1. The van der Waals surface area contributed by atoms with E-state index in [2.05, 4.69) is 0 Å². The van der Waals surface area contributed by atoms with Gasteiger partial charge in [0.15, 0.2) is 18.0 Å². The lowest BCUT2D eigenvalue weighted by Gasteiger charge is -2.44. The Morgan fingerprint density at radius 1 is 0.738 bits per heavy atom. The molecule has 0 radical (unpaired) electrons. The quantitative estimate of drug-likeness (QED) is 0.293. The third kappa shape index (κ3) is 8.34. The highest BCUT2D eigenvalue weighted by molar-refractivity contribution is 6.37. The van der Waals surface area contributed by atoms with Crippen LogP contribution in [-0.4, -0.2) is 74.3 Å². The molecule has 14 heteroatoms. The van der Waals surface area contributed by atoms with Crippen LogP contribution in [0.4, 0.5) is 0 Å². The van der Waals surface area contributed by atoms with Gasteiger partial charge in [0.25, 0.3) is 0 Å². The van der Waals surface area contributed by atoms with Crippen molar-refractivity contribution in [1.29, 1.82) is 0 Å². The van der Waals surface area contributed by atoms with Gasteiger partial charge in [0.1, 0.15) is 12.7 Å². The van der Waals surface area contributed by atoms with Crippen molar-refractivity contribution in [3.63, 3.8) is 0 Å². The van der Waals surface area contributed by atoms with Crippen molar-refractivity contribution in [3.8, 4) is 16.9 Å². The summed E-state index contributed by atoms with van der Waals surface area (Å²) in [5.74, 6) is -3.58. The minimum atomic E-state index is -1.52. The number of halogens is 2. The van der Waals surface area contributed by atoms with Crippen LogP contribution in [0.2, 0.25) is 10.0 Å². The lowest BCUT2D eigenvalue weighted by Crippen LogP contribution is -2.63. The van der Waals surface area contributed by atoms with Crippen LogP contribution in [0, 0.1) is 0 Å². The van der Waals surface area contributed by atoms with Crippen molar-refractivity contribution in [1.82, 2.24) is 0 Å². The normalized spacial score (nSPS) is 21.5. The van der Waals surface area contributed by atoms with Crippen LogP contribution >= 0.6 is 23.2 Å². The molecule has 3 rings (SSSR count). The van der Waals surface area contributed by atoms with Gasteiger partial charge in [-0.2, -0.15) is 0 Å². The number of ether oxygens (including phenoxy) is 7. The number of benzene rings is 2. The highest BCUT2D eigenvalue weighted by Crippen LogP contribution is 2.40. The van der Waals surface area contributed by atoms with Crippen molar-refractivity contribution in [2.45, 2.75) is 58.4 Å². The Labute approximate surface area is 251 Å². The Morgan fingerprint density at radius 2 is 1.26 bits per heavy atom. The van der Waals surface area contributed by atoms with E-state index < -0.39 is 67.2 Å². The van der Waals surface area contributed by atoms with Gasteiger partial charge in [-0.05, 0) is 35.4 Å². The minimum absolute atomic E-state index is 0.0300. The van der Waals surface area contributed by atoms with Crippen LogP contribution in [0.1, 0.15) is 38.1 Å². The second-order valence-electron chi connectivity index (χ2n) is 9.02. The molecule has 0 spiro atoms. The van der Waals surface area contributed by atoms with E-state index >= 15 is 0 Å². The zero-order valence-corrected chi connectivity index (χ0v) is 24.7. The van der Waals surface area contributed by atoms with Crippen LogP contribution in [-0.2, 0) is 47.6 Å². The Morgan fingerprint density at radius 3 is 1.76 bits per heavy atom. The summed E-state index contributed by atoms with van der Waals surface area (Å²) < 4.78 is 37.9. The molecule has 42 heavy (non-hydrogen) atoms. The maximum atomic E-state index is 12.1. The second-order valence-corrected chi connectivity index (χ2v) is 9.84. The summed E-state index contributed by atoms with van der Waals surface area (Å²) in [6, 6.07) is 9.58. The van der Waals surface area contributed by atoms with Gasteiger partial charge in [-0.3, -0.25) is 19.2 Å². The van der Waals surface area contributed by atoms with Crippen LogP contribution < -0.4 is 4.74 Å². The highest BCUT2D eigenvalue weighted by Gasteiger charge is 2.53. The average molecular weight is 627 g/mol. The Hall–Kier alpha value is -3.87. The Kier molecular flexibility index (Phi) is 11.1. The molecule has 0 saturated carbocycles. The van der Waals surface area contributed by atoms with E-state index in [1.54, 1.807) is 36.4 Å². The first-order chi connectivity index (χ1) is 19.8. The molecular formula is C28H28Cl2O12. The molecule has 226 valence electrons. The molecule has 2 aromatic carbocycles. The van der Waals surface area contributed by atoms with Crippen molar-refractivity contribution >= 4 is 53.0 Å². The molecule has 0 N–H and O–H groups in total. The van der Waals surface area contributed by atoms with Gasteiger partial charge in [-0.25, -0.2) is 4.79 Å². The summed E-state index contributed by atoms with van der Waals surface area (Å²) >= 11 is 13.1. The molecule has 1 fully saturated rings. The molecule has 0 aliphatic carbocycles. The summed E-state index contributed by atoms with van der Waals surface area (Å²) in [5.41, 5.74) is 1.60. The molecule has 0 amide bonds. The summed E-state index contributed by atoms with van der Waals surface area (Å²) in [5, 5.41) is 0.0600. The molecular weight excluding hydrogens is 599 g/mol. The van der Waals surface area contributed by atoms with Crippen LogP contribution in [0.15, 0.2) is 36.4 Å². The standard InChI is InChI=1S/C28H28Cl2O12/c1-13(31)37-12-22-24(38-14(2)32)25(39-15(3)33)26(40-16(4)34)28(41-22)42-23-20(29)10-19(11-21(23)30)17-6-8-18(9-7-17)27(35)36-5/h6-11,22,24-26,28H,12H2,1-5H3/t22-,24-,25+,26+,28-/m1/s1. The van der Waals surface area contributed by atoms with E-state index in [1.165, 1.54) is 7.11 Å². The van der Waals surface area contributed by atoms with E-state index in [1.807, 2.05) is 0 Å². The maximum absolute atomic E-state index is 12.1. The first-order valence-electron chi connectivity index (χ1n) is 12.5. The van der Waals surface area contributed by atoms with Gasteiger partial charge < -0.3 is 33.2 Å². The van der Waals surface area contributed by atoms with Crippen LogP contribution in [0.25, 0.3) is 11.1 Å². The number of hydrogen-bond acceptors (Lipinski definition) is 12. The Balaban J connectivity index is 2.00. The number of hydrogen-bond donors (Lipinski definition) is 0. The van der Waals surface area contributed by atoms with Crippen molar-refractivity contribution < 1.29 is 57.1 Å². The van der Waals surface area contributed by atoms with E-state index in [9.17, 15) is 24.0 Å². The smallest absolute Gasteiger partial charge is 0.337 e. The zero-order valence-electron chi connectivity index (χ0n) is 23.2. The van der Waals surface area contributed by atoms with Gasteiger partial charge in [0.05, 0.1) is 22.7 Å². The molecule has 1 saturated heterocycles. The van der Waals surface area contributed by atoms with Gasteiger partial charge in [0, 0.05) is 27.7 Å². The van der Waals surface area contributed by atoms with Gasteiger partial charge in [-0.1, -0.05) is 35.3 Å². The van der Waals surface area contributed by atoms with Crippen molar-refractivity contribution in [2.24, 2.45) is 0 Å². The number of methoxy groups -OCH3 is 1. The van der Waals surface area contributed by atoms with Gasteiger partial charge in [0.2, 0.25) is 12.4 Å². The number of esters is 5. The highest BCUT2D eigenvalue weighted by atomic mass is 35.5. The predicted octanol–water partition coefficient (Wildman–Crippen LogP) is 3.91. The summed E-state index contributed by atoms with van der Waals surface area (Å²) in [6.45, 7) is 4.05. The van der Waals surface area contributed by atoms with Gasteiger partial charge in [-0.15, -0.1) is 0 Å². The monoisotopic (exact) mass is 626 g/mol. The topological polar surface area (TPSA) is 150 Å². The van der Waals surface area contributed by atoms with Crippen LogP contribution in [0.5, 0.6) is 5.75 Å². The SMILES string of the molecule is COC(=O)c1ccc(-c2cc(Cl)c(O[C@H]3O[C@H](COC(C)=O)[C@@H](OC(C)=O)[C@H](OC(C)=O)[C@@H]3OC(C)=O)c(Cl)c2)cc1. The number of carbonyl (C=O) groups excluding carboxylic acids is 5. The molecule has 1 aliphatic heterocycles. The first-order valence-corrected chi connectivity index (χ1v) is 13.2. The predicted molar refractivity (Wildman–Crippen MR) is 146 cm³/mol. The fourth-order valence-electron chi connectivity index (χ4n) is 4.16.